The maximum atomic E-state index is 12.4. The van der Waals surface area contributed by atoms with Crippen molar-refractivity contribution in [2.24, 2.45) is 5.73 Å². The summed E-state index contributed by atoms with van der Waals surface area (Å²) in [7, 11) is 1.38. The normalized spacial score (nSPS) is 10.2. The first kappa shape index (κ1) is 19.2. The summed E-state index contributed by atoms with van der Waals surface area (Å²) < 4.78 is 10.4. The highest BCUT2D eigenvalue weighted by atomic mass is 35.5. The summed E-state index contributed by atoms with van der Waals surface area (Å²) in [6.07, 6.45) is 0. The summed E-state index contributed by atoms with van der Waals surface area (Å²) in [6, 6.07) is 7.50. The third-order valence-corrected chi connectivity index (χ3v) is 4.05. The largest absolute Gasteiger partial charge is 0.493 e. The molecule has 0 heterocycles. The topological polar surface area (TPSA) is 90.7 Å². The van der Waals surface area contributed by atoms with Crippen molar-refractivity contribution in [2.75, 3.05) is 19.0 Å². The molecular weight excluding hydrogens is 391 g/mol. The lowest BCUT2D eigenvalue weighted by Gasteiger charge is -2.13. The summed E-state index contributed by atoms with van der Waals surface area (Å²) in [6.45, 7) is -0.370. The van der Waals surface area contributed by atoms with Crippen molar-refractivity contribution < 1.29 is 19.1 Å². The van der Waals surface area contributed by atoms with E-state index in [4.69, 9.17) is 50.0 Å². The summed E-state index contributed by atoms with van der Waals surface area (Å²) in [5.74, 6) is -0.804. The van der Waals surface area contributed by atoms with Crippen LogP contribution in [0.2, 0.25) is 15.1 Å². The lowest BCUT2D eigenvalue weighted by Crippen LogP contribution is -2.20. The minimum Gasteiger partial charge on any atom is -0.493 e. The zero-order valence-corrected chi connectivity index (χ0v) is 15.2. The van der Waals surface area contributed by atoms with Crippen LogP contribution in [0.3, 0.4) is 0 Å². The molecule has 3 N–H and O–H groups in total. The maximum Gasteiger partial charge on any atom is 0.255 e. The number of benzene rings is 2. The van der Waals surface area contributed by atoms with Gasteiger partial charge in [0.25, 0.3) is 11.8 Å². The van der Waals surface area contributed by atoms with E-state index in [0.29, 0.717) is 15.7 Å². The van der Waals surface area contributed by atoms with E-state index in [0.717, 1.165) is 0 Å². The number of rotatable bonds is 6. The number of nitrogens with one attached hydrogen (secondary N) is 1. The second-order valence-corrected chi connectivity index (χ2v) is 6.05. The fourth-order valence-corrected chi connectivity index (χ4v) is 2.47. The number of primary amides is 1. The summed E-state index contributed by atoms with van der Waals surface area (Å²) >= 11 is 17.9. The van der Waals surface area contributed by atoms with Crippen molar-refractivity contribution in [1.29, 1.82) is 0 Å². The number of anilines is 1. The third kappa shape index (κ3) is 4.92. The van der Waals surface area contributed by atoms with Crippen LogP contribution in [0.5, 0.6) is 11.5 Å². The van der Waals surface area contributed by atoms with Crippen LogP contribution in [0.4, 0.5) is 5.69 Å². The minimum atomic E-state index is -0.667. The average molecular weight is 404 g/mol. The number of halogens is 3. The van der Waals surface area contributed by atoms with E-state index in [2.05, 4.69) is 5.32 Å². The number of methoxy groups -OCH3 is 1. The van der Waals surface area contributed by atoms with Crippen molar-refractivity contribution in [2.45, 2.75) is 0 Å². The Bertz CT molecular complexity index is 827. The number of nitrogens with two attached hydrogens (primary N) is 1. The highest BCUT2D eigenvalue weighted by Gasteiger charge is 2.17. The summed E-state index contributed by atoms with van der Waals surface area (Å²) in [5.41, 5.74) is 5.72. The molecule has 0 bridgehead atoms. The molecular formula is C16H13Cl3N2O4. The summed E-state index contributed by atoms with van der Waals surface area (Å²) in [4.78, 5) is 23.2. The molecule has 0 saturated carbocycles. The van der Waals surface area contributed by atoms with Crippen molar-refractivity contribution in [3.8, 4) is 11.5 Å². The molecule has 0 atom stereocenters. The molecule has 0 fully saturated rings. The molecule has 2 rings (SSSR count). The quantitative estimate of drug-likeness (QED) is 0.768. The van der Waals surface area contributed by atoms with E-state index in [1.807, 2.05) is 0 Å². The smallest absolute Gasteiger partial charge is 0.255 e. The Labute approximate surface area is 158 Å². The molecule has 2 aromatic carbocycles. The zero-order chi connectivity index (χ0) is 18.6. The van der Waals surface area contributed by atoms with Gasteiger partial charge in [0.15, 0.2) is 18.1 Å². The van der Waals surface area contributed by atoms with E-state index in [-0.39, 0.29) is 28.7 Å². The van der Waals surface area contributed by atoms with Gasteiger partial charge in [0.1, 0.15) is 0 Å². The number of amides is 2. The molecule has 9 heteroatoms. The van der Waals surface area contributed by atoms with Crippen molar-refractivity contribution >= 4 is 52.3 Å². The van der Waals surface area contributed by atoms with Crippen molar-refractivity contribution in [1.82, 2.24) is 0 Å². The molecule has 0 saturated heterocycles. The predicted molar refractivity (Wildman–Crippen MR) is 97.1 cm³/mol. The Balaban J connectivity index is 2.26. The van der Waals surface area contributed by atoms with Gasteiger partial charge in [0.05, 0.1) is 22.2 Å². The van der Waals surface area contributed by atoms with Crippen LogP contribution in [0.1, 0.15) is 10.4 Å². The molecule has 0 aliphatic carbocycles. The molecule has 2 aromatic rings. The second-order valence-electron chi connectivity index (χ2n) is 4.83. The molecule has 132 valence electrons. The Morgan fingerprint density at radius 3 is 2.40 bits per heavy atom. The van der Waals surface area contributed by atoms with Gasteiger partial charge in [-0.15, -0.1) is 0 Å². The van der Waals surface area contributed by atoms with E-state index < -0.39 is 11.8 Å². The molecule has 0 aromatic heterocycles. The van der Waals surface area contributed by atoms with Crippen LogP contribution in [0, 0.1) is 0 Å². The number of carbonyl (C=O) groups is 2. The first-order valence-corrected chi connectivity index (χ1v) is 8.00. The number of hydrogen-bond acceptors (Lipinski definition) is 4. The Hall–Kier alpha value is -2.15. The monoisotopic (exact) mass is 402 g/mol. The third-order valence-electron chi connectivity index (χ3n) is 3.03. The molecule has 0 radical (unpaired) electrons. The van der Waals surface area contributed by atoms with Crippen LogP contribution in [0.25, 0.3) is 0 Å². The fourth-order valence-electron chi connectivity index (χ4n) is 1.91. The second kappa shape index (κ2) is 8.29. The highest BCUT2D eigenvalue weighted by molar-refractivity contribution is 6.42. The standard InChI is InChI=1S/C16H13Cl3N2O4/c1-24-13-5-8(4-12(19)15(13)25-7-14(20)22)16(23)21-9-2-3-10(17)11(18)6-9/h2-6H,7H2,1H3,(H2,20,22)(H,21,23). The Morgan fingerprint density at radius 1 is 1.08 bits per heavy atom. The van der Waals surface area contributed by atoms with Crippen LogP contribution in [-0.2, 0) is 4.79 Å². The maximum absolute atomic E-state index is 12.4. The van der Waals surface area contributed by atoms with Crippen molar-refractivity contribution in [3.63, 3.8) is 0 Å². The molecule has 0 unspecified atom stereocenters. The molecule has 0 aliphatic rings. The average Bonchev–Trinajstić information content (AvgIpc) is 2.56. The van der Waals surface area contributed by atoms with Gasteiger partial charge in [-0.25, -0.2) is 0 Å². The fraction of sp³-hybridized carbons (Fsp3) is 0.125. The van der Waals surface area contributed by atoms with Gasteiger partial charge >= 0.3 is 0 Å². The minimum absolute atomic E-state index is 0.0971. The highest BCUT2D eigenvalue weighted by Crippen LogP contribution is 2.36. The van der Waals surface area contributed by atoms with E-state index in [1.165, 1.54) is 25.3 Å². The number of carbonyl (C=O) groups excluding carboxylic acids is 2. The van der Waals surface area contributed by atoms with E-state index in [1.54, 1.807) is 12.1 Å². The lowest BCUT2D eigenvalue weighted by atomic mass is 10.1. The molecule has 0 aliphatic heterocycles. The molecule has 0 spiro atoms. The van der Waals surface area contributed by atoms with Gasteiger partial charge in [-0.05, 0) is 30.3 Å². The van der Waals surface area contributed by atoms with Crippen molar-refractivity contribution in [3.05, 3.63) is 51.0 Å². The van der Waals surface area contributed by atoms with Crippen LogP contribution < -0.4 is 20.5 Å². The molecule has 6 nitrogen and oxygen atoms in total. The Kier molecular flexibility index (Phi) is 6.36. The van der Waals surface area contributed by atoms with E-state index >= 15 is 0 Å². The number of ether oxygens (including phenoxy) is 2. The Morgan fingerprint density at radius 2 is 1.80 bits per heavy atom. The van der Waals surface area contributed by atoms with E-state index in [9.17, 15) is 9.59 Å². The zero-order valence-electron chi connectivity index (χ0n) is 12.9. The van der Waals surface area contributed by atoms with Crippen LogP contribution in [-0.4, -0.2) is 25.5 Å². The summed E-state index contributed by atoms with van der Waals surface area (Å²) in [5, 5.41) is 3.45. The molecule has 25 heavy (non-hydrogen) atoms. The SMILES string of the molecule is COc1cc(C(=O)Nc2ccc(Cl)c(Cl)c2)cc(Cl)c1OCC(N)=O. The van der Waals surface area contributed by atoms with Gasteiger partial charge in [-0.1, -0.05) is 34.8 Å². The van der Waals surface area contributed by atoms with Crippen LogP contribution in [0.15, 0.2) is 30.3 Å². The van der Waals surface area contributed by atoms with Gasteiger partial charge in [-0.3, -0.25) is 9.59 Å². The lowest BCUT2D eigenvalue weighted by molar-refractivity contribution is -0.119. The van der Waals surface area contributed by atoms with Gasteiger partial charge in [0.2, 0.25) is 0 Å². The van der Waals surface area contributed by atoms with Crippen LogP contribution >= 0.6 is 34.8 Å². The first-order valence-electron chi connectivity index (χ1n) is 6.87. The predicted octanol–water partition coefficient (Wildman–Crippen LogP) is 3.77. The van der Waals surface area contributed by atoms with Gasteiger partial charge < -0.3 is 20.5 Å². The first-order chi connectivity index (χ1) is 11.8. The van der Waals surface area contributed by atoms with Gasteiger partial charge in [-0.2, -0.15) is 0 Å². The number of hydrogen-bond donors (Lipinski definition) is 2. The van der Waals surface area contributed by atoms with Gasteiger partial charge in [0, 0.05) is 11.3 Å². The molecule has 2 amide bonds.